The Morgan fingerprint density at radius 2 is 0.989 bits per heavy atom. The molecule has 0 spiro atoms. The number of amides is 2. The number of hydrogen-bond donors (Lipinski definition) is 0. The number of benzene rings is 4. The Hall–Kier alpha value is -7.95. The van der Waals surface area contributed by atoms with Gasteiger partial charge >= 0.3 is 19.3 Å². The van der Waals surface area contributed by atoms with Crippen LogP contribution in [0.1, 0.15) is 110 Å². The average molecular weight is 1310 g/mol. The number of rotatable bonds is 12. The van der Waals surface area contributed by atoms with Gasteiger partial charge in [-0.3, -0.25) is 0 Å². The maximum atomic E-state index is 12.9. The lowest BCUT2D eigenvalue weighted by Gasteiger charge is -2.32. The van der Waals surface area contributed by atoms with Gasteiger partial charge in [-0.25, -0.2) is 28.9 Å². The van der Waals surface area contributed by atoms with Crippen molar-refractivity contribution in [2.24, 2.45) is 0 Å². The Labute approximate surface area is 530 Å². The molecule has 0 N–H and O–H groups in total. The molecule has 4 aromatic carbocycles. The second-order valence-corrected chi connectivity index (χ2v) is 26.0. The van der Waals surface area contributed by atoms with Gasteiger partial charge in [-0.15, -0.1) is 0 Å². The van der Waals surface area contributed by atoms with E-state index in [0.717, 1.165) is 88.7 Å². The summed E-state index contributed by atoms with van der Waals surface area (Å²) in [6, 6.07) is 35.6. The second-order valence-electron chi connectivity index (χ2n) is 25.0. The zero-order valence-corrected chi connectivity index (χ0v) is 55.1. The standard InChI is InChI=1S/C31H34N4O4.C21H18IN3O2.C16H28BNO4/c1-21-8-12-25(13-9-21)38-26-16-17-32-29-27(26)28(33-35(29)19-22-10-14-24(37-5)15-11-22)23-7-6-18-34(20-23)30(36)39-31(2,3)4;1-14-3-7-17(8-4-14)27-18-11-12-23-21-19(18)20(22)24-25(21)13-15-5-9-16(26-2)10-6-15;1-14(2,3)20-13(19)18-10-8-9-12(11-18)17-21-15(4,5)16(6,7)22-17/h7-17H,6,18-20H2,1-5H3;3-12H,13H2,1-2H3;9H,8,10-11H2,1-7H3. The third-order valence-electron chi connectivity index (χ3n) is 15.1. The molecule has 0 saturated carbocycles. The van der Waals surface area contributed by atoms with Gasteiger partial charge in [-0.05, 0) is 195 Å². The molecule has 1 fully saturated rings. The van der Waals surface area contributed by atoms with Crippen LogP contribution in [0.3, 0.4) is 0 Å². The smallest absolute Gasteiger partial charge is 0.492 e. The van der Waals surface area contributed by atoms with Crippen LogP contribution in [-0.2, 0) is 31.9 Å². The summed E-state index contributed by atoms with van der Waals surface area (Å²) in [5.41, 5.74) is 6.96. The Morgan fingerprint density at radius 3 is 1.45 bits per heavy atom. The van der Waals surface area contributed by atoms with Crippen LogP contribution in [0, 0.1) is 17.5 Å². The first-order valence-electron chi connectivity index (χ1n) is 29.6. The monoisotopic (exact) mass is 1310 g/mol. The fraction of sp³-hybridized carbons (Fsp3) is 0.382. The van der Waals surface area contributed by atoms with Crippen LogP contribution >= 0.6 is 22.6 Å². The molecule has 1 saturated heterocycles. The number of carbonyl (C=O) groups is 2. The van der Waals surface area contributed by atoms with E-state index in [9.17, 15) is 9.59 Å². The highest BCUT2D eigenvalue weighted by molar-refractivity contribution is 14.1. The van der Waals surface area contributed by atoms with Gasteiger partial charge in [0.15, 0.2) is 11.3 Å². The van der Waals surface area contributed by atoms with Gasteiger partial charge in [0.05, 0.1) is 55.8 Å². The summed E-state index contributed by atoms with van der Waals surface area (Å²) in [5.74, 6) is 4.59. The molecule has 7 heterocycles. The Bertz CT molecular complexity index is 3780. The third-order valence-corrected chi connectivity index (χ3v) is 15.9. The van der Waals surface area contributed by atoms with E-state index in [2.05, 4.69) is 51.7 Å². The molecule has 8 aromatic rings. The van der Waals surface area contributed by atoms with Crippen LogP contribution in [0.5, 0.6) is 34.5 Å². The number of pyridine rings is 2. The summed E-state index contributed by atoms with van der Waals surface area (Å²) in [6.45, 7) is 26.8. The fourth-order valence-corrected chi connectivity index (χ4v) is 10.6. The van der Waals surface area contributed by atoms with Gasteiger partial charge in [0, 0.05) is 38.1 Å². The van der Waals surface area contributed by atoms with Crippen LogP contribution in [0.4, 0.5) is 9.59 Å². The van der Waals surface area contributed by atoms with Gasteiger partial charge in [-0.1, -0.05) is 71.8 Å². The number of halogens is 1. The molecular weight excluding hydrogens is 1230 g/mol. The zero-order valence-electron chi connectivity index (χ0n) is 53.0. The topological polar surface area (TPSA) is 176 Å². The second kappa shape index (κ2) is 27.2. The lowest BCUT2D eigenvalue weighted by Crippen LogP contribution is -2.42. The highest BCUT2D eigenvalue weighted by atomic mass is 127. The molecule has 0 aliphatic carbocycles. The molecular formula is C68H80BIN8O10. The van der Waals surface area contributed by atoms with E-state index < -0.39 is 18.3 Å². The first-order valence-corrected chi connectivity index (χ1v) is 30.6. The van der Waals surface area contributed by atoms with Gasteiger partial charge < -0.3 is 47.5 Å². The molecule has 462 valence electrons. The molecule has 3 aliphatic rings. The van der Waals surface area contributed by atoms with E-state index in [0.29, 0.717) is 57.1 Å². The Kier molecular flexibility index (Phi) is 19.9. The highest BCUT2D eigenvalue weighted by Crippen LogP contribution is 2.40. The number of fused-ring (bicyclic) bond motifs is 2. The normalized spacial score (nSPS) is 15.5. The van der Waals surface area contributed by atoms with Gasteiger partial charge in [0.1, 0.15) is 55.1 Å². The van der Waals surface area contributed by atoms with Gasteiger partial charge in [-0.2, -0.15) is 10.2 Å². The van der Waals surface area contributed by atoms with Crippen LogP contribution in [0.25, 0.3) is 27.6 Å². The quantitative estimate of drug-likeness (QED) is 0.0834. The number of hydrogen-bond acceptors (Lipinski definition) is 14. The van der Waals surface area contributed by atoms with Crippen LogP contribution in [0.15, 0.2) is 139 Å². The maximum absolute atomic E-state index is 12.9. The molecule has 88 heavy (non-hydrogen) atoms. The van der Waals surface area contributed by atoms with Crippen molar-refractivity contribution < 1.29 is 47.3 Å². The van der Waals surface area contributed by atoms with Crippen molar-refractivity contribution in [3.05, 3.63) is 171 Å². The molecule has 0 unspecified atom stereocenters. The van der Waals surface area contributed by atoms with Crippen molar-refractivity contribution in [1.82, 2.24) is 39.3 Å². The summed E-state index contributed by atoms with van der Waals surface area (Å²) in [7, 11) is 2.92. The highest BCUT2D eigenvalue weighted by Gasteiger charge is 2.53. The Balaban J connectivity index is 0.000000165. The largest absolute Gasteiger partial charge is 0.497 e. The SMILES string of the molecule is CC(C)(C)OC(=O)N1CCC=C(B2OC(C)(C)C(C)(C)O2)C1.COc1ccc(Cn2nc(C3=CCCN(C(=O)OC(C)(C)C)C3)c3c(Oc4ccc(C)cc4)ccnc32)cc1.COc1ccc(Cn2nc(I)c3c(Oc4ccc(C)cc4)ccnc32)cc1. The van der Waals surface area contributed by atoms with Crippen molar-refractivity contribution >= 4 is 69.5 Å². The van der Waals surface area contributed by atoms with Crippen LogP contribution in [0.2, 0.25) is 0 Å². The first kappa shape index (κ1) is 64.5. The van der Waals surface area contributed by atoms with E-state index in [4.69, 9.17) is 47.8 Å². The minimum Gasteiger partial charge on any atom is -0.497 e. The molecule has 18 nitrogen and oxygen atoms in total. The number of aromatic nitrogens is 6. The van der Waals surface area contributed by atoms with E-state index in [-0.39, 0.29) is 23.4 Å². The molecule has 2 amide bonds. The van der Waals surface area contributed by atoms with Crippen molar-refractivity contribution in [2.45, 2.75) is 131 Å². The summed E-state index contributed by atoms with van der Waals surface area (Å²) < 4.78 is 50.9. The molecule has 4 aromatic heterocycles. The van der Waals surface area contributed by atoms with Crippen LogP contribution < -0.4 is 18.9 Å². The summed E-state index contributed by atoms with van der Waals surface area (Å²) in [6.07, 6.45) is 8.64. The van der Waals surface area contributed by atoms with Crippen molar-refractivity contribution in [1.29, 1.82) is 0 Å². The number of carbonyl (C=O) groups excluding carboxylic acids is 2. The predicted octanol–water partition coefficient (Wildman–Crippen LogP) is 15.0. The zero-order chi connectivity index (χ0) is 63.1. The molecule has 0 radical (unpaired) electrons. The van der Waals surface area contributed by atoms with Crippen molar-refractivity contribution in [3.8, 4) is 34.5 Å². The minimum absolute atomic E-state index is 0.283. The predicted molar refractivity (Wildman–Crippen MR) is 351 cm³/mol. The van der Waals surface area contributed by atoms with E-state index in [1.54, 1.807) is 36.4 Å². The van der Waals surface area contributed by atoms with Gasteiger partial charge in [0.2, 0.25) is 0 Å². The summed E-state index contributed by atoms with van der Waals surface area (Å²) in [4.78, 5) is 37.8. The van der Waals surface area contributed by atoms with Crippen molar-refractivity contribution in [2.75, 3.05) is 40.4 Å². The number of aryl methyl sites for hydroxylation is 2. The summed E-state index contributed by atoms with van der Waals surface area (Å²) >= 11 is 2.23. The fourth-order valence-electron chi connectivity index (χ4n) is 9.80. The first-order chi connectivity index (χ1) is 41.7. The lowest BCUT2D eigenvalue weighted by atomic mass is 9.76. The number of ether oxygens (including phenoxy) is 6. The molecule has 11 rings (SSSR count). The average Bonchev–Trinajstić information content (AvgIpc) is 1.73. The number of methoxy groups -OCH3 is 2. The third kappa shape index (κ3) is 16.2. The Morgan fingerprint density at radius 1 is 0.568 bits per heavy atom. The van der Waals surface area contributed by atoms with Gasteiger partial charge in [0.25, 0.3) is 0 Å². The van der Waals surface area contributed by atoms with E-state index >= 15 is 0 Å². The molecule has 3 aliphatic heterocycles. The maximum Gasteiger partial charge on any atom is 0.492 e. The lowest BCUT2D eigenvalue weighted by molar-refractivity contribution is 0.00578. The summed E-state index contributed by atoms with van der Waals surface area (Å²) in [5, 5.41) is 11.4. The van der Waals surface area contributed by atoms with E-state index in [1.807, 2.05) is 195 Å². The van der Waals surface area contributed by atoms with Crippen molar-refractivity contribution in [3.63, 3.8) is 0 Å². The number of nitrogens with zero attached hydrogens (tertiary/aromatic N) is 8. The van der Waals surface area contributed by atoms with E-state index in [1.165, 1.54) is 5.56 Å². The van der Waals surface area contributed by atoms with Crippen LogP contribution in [-0.4, -0.2) is 121 Å². The molecule has 0 atom stereocenters. The molecule has 0 bridgehead atoms. The minimum atomic E-state index is -0.565. The molecule has 20 heteroatoms.